The third-order valence-corrected chi connectivity index (χ3v) is 3.13. The third kappa shape index (κ3) is 4.40. The van der Waals surface area contributed by atoms with Gasteiger partial charge in [-0.25, -0.2) is 0 Å². The Balaban J connectivity index is 2.16. The predicted octanol–water partition coefficient (Wildman–Crippen LogP) is 2.07. The molecule has 3 nitrogen and oxygen atoms in total. The van der Waals surface area contributed by atoms with Gasteiger partial charge in [-0.05, 0) is 22.0 Å². The molecule has 0 aliphatic heterocycles. The van der Waals surface area contributed by atoms with Crippen molar-refractivity contribution in [2.75, 3.05) is 6.54 Å². The Kier molecular flexibility index (Phi) is 4.41. The maximum Gasteiger partial charge on any atom is 0.304 e. The molecule has 0 spiro atoms. The number of carboxylic acid groups (broad SMARTS) is 1. The van der Waals surface area contributed by atoms with Gasteiger partial charge in [0.15, 0.2) is 0 Å². The first-order chi connectivity index (χ1) is 6.18. The molecule has 0 saturated carbocycles. The van der Waals surface area contributed by atoms with Crippen LogP contribution >= 0.6 is 27.3 Å². The fourth-order valence-corrected chi connectivity index (χ4v) is 2.27. The maximum absolute atomic E-state index is 10.2. The first-order valence-corrected chi connectivity index (χ1v) is 5.51. The van der Waals surface area contributed by atoms with Crippen molar-refractivity contribution in [2.24, 2.45) is 0 Å². The molecule has 72 valence electrons. The molecule has 1 aromatic heterocycles. The van der Waals surface area contributed by atoms with Gasteiger partial charge in [-0.3, -0.25) is 4.79 Å². The zero-order chi connectivity index (χ0) is 9.68. The number of aliphatic carboxylic acids is 1. The molecule has 0 bridgehead atoms. The Morgan fingerprint density at radius 1 is 1.69 bits per heavy atom. The minimum Gasteiger partial charge on any atom is -0.481 e. The van der Waals surface area contributed by atoms with Crippen molar-refractivity contribution < 1.29 is 9.90 Å². The number of halogens is 1. The van der Waals surface area contributed by atoms with Gasteiger partial charge in [-0.2, -0.15) is 0 Å². The average molecular weight is 264 g/mol. The Hall–Kier alpha value is -0.390. The predicted molar refractivity (Wildman–Crippen MR) is 56.0 cm³/mol. The molecular formula is C8H10BrNO2S. The van der Waals surface area contributed by atoms with Crippen LogP contribution in [-0.4, -0.2) is 17.6 Å². The summed E-state index contributed by atoms with van der Waals surface area (Å²) in [6.45, 7) is 1.26. The van der Waals surface area contributed by atoms with E-state index in [0.717, 1.165) is 11.0 Å². The number of hydrogen-bond acceptors (Lipinski definition) is 3. The highest BCUT2D eigenvalue weighted by molar-refractivity contribution is 9.10. The molecule has 0 aliphatic carbocycles. The standard InChI is InChI=1S/C8H10BrNO2S/c9-6-3-7(13-5-6)4-10-2-1-8(11)12/h3,5,10H,1-2,4H2,(H,11,12). The van der Waals surface area contributed by atoms with Crippen LogP contribution in [0.1, 0.15) is 11.3 Å². The van der Waals surface area contributed by atoms with Crippen molar-refractivity contribution >= 4 is 33.2 Å². The van der Waals surface area contributed by atoms with E-state index in [2.05, 4.69) is 21.2 Å². The second-order valence-electron chi connectivity index (χ2n) is 2.55. The summed E-state index contributed by atoms with van der Waals surface area (Å²) in [7, 11) is 0. The molecule has 0 aromatic carbocycles. The van der Waals surface area contributed by atoms with E-state index in [1.54, 1.807) is 11.3 Å². The Bertz CT molecular complexity index is 287. The lowest BCUT2D eigenvalue weighted by molar-refractivity contribution is -0.136. The minimum absolute atomic E-state index is 0.173. The summed E-state index contributed by atoms with van der Waals surface area (Å²) in [6.07, 6.45) is 0.173. The summed E-state index contributed by atoms with van der Waals surface area (Å²) in [5.41, 5.74) is 0. The number of carboxylic acids is 1. The molecule has 1 aromatic rings. The fraction of sp³-hybridized carbons (Fsp3) is 0.375. The van der Waals surface area contributed by atoms with Crippen LogP contribution in [0.3, 0.4) is 0 Å². The van der Waals surface area contributed by atoms with Gasteiger partial charge >= 0.3 is 5.97 Å². The van der Waals surface area contributed by atoms with Gasteiger partial charge < -0.3 is 10.4 Å². The first kappa shape index (κ1) is 10.7. The van der Waals surface area contributed by atoms with Gasteiger partial charge in [0, 0.05) is 27.8 Å². The third-order valence-electron chi connectivity index (χ3n) is 1.44. The van der Waals surface area contributed by atoms with Crippen LogP contribution in [0.15, 0.2) is 15.9 Å². The summed E-state index contributed by atoms with van der Waals surface area (Å²) in [5, 5.41) is 13.4. The second kappa shape index (κ2) is 5.36. The van der Waals surface area contributed by atoms with Gasteiger partial charge in [-0.15, -0.1) is 11.3 Å². The molecular weight excluding hydrogens is 254 g/mol. The molecule has 0 amide bonds. The van der Waals surface area contributed by atoms with Gasteiger partial charge in [0.05, 0.1) is 6.42 Å². The summed E-state index contributed by atoms with van der Waals surface area (Å²) in [5.74, 6) is -0.764. The number of carbonyl (C=O) groups is 1. The highest BCUT2D eigenvalue weighted by atomic mass is 79.9. The molecule has 0 atom stereocenters. The van der Waals surface area contributed by atoms with Crippen molar-refractivity contribution in [2.45, 2.75) is 13.0 Å². The number of nitrogens with one attached hydrogen (secondary N) is 1. The molecule has 2 N–H and O–H groups in total. The van der Waals surface area contributed by atoms with Crippen LogP contribution < -0.4 is 5.32 Å². The van der Waals surface area contributed by atoms with Crippen LogP contribution in [-0.2, 0) is 11.3 Å². The number of thiophene rings is 1. The number of rotatable bonds is 5. The lowest BCUT2D eigenvalue weighted by Crippen LogP contribution is -2.16. The van der Waals surface area contributed by atoms with E-state index >= 15 is 0 Å². The Morgan fingerprint density at radius 3 is 3.00 bits per heavy atom. The number of hydrogen-bond donors (Lipinski definition) is 2. The topological polar surface area (TPSA) is 49.3 Å². The van der Waals surface area contributed by atoms with E-state index < -0.39 is 5.97 Å². The van der Waals surface area contributed by atoms with Crippen LogP contribution in [0.2, 0.25) is 0 Å². The normalized spacial score (nSPS) is 10.2. The zero-order valence-electron chi connectivity index (χ0n) is 6.92. The average Bonchev–Trinajstić information content (AvgIpc) is 2.45. The van der Waals surface area contributed by atoms with Crippen molar-refractivity contribution in [3.05, 3.63) is 20.8 Å². The van der Waals surface area contributed by atoms with Crippen LogP contribution in [0.5, 0.6) is 0 Å². The van der Waals surface area contributed by atoms with Gasteiger partial charge in [0.1, 0.15) is 0 Å². The SMILES string of the molecule is O=C(O)CCNCc1cc(Br)cs1. The van der Waals surface area contributed by atoms with E-state index in [0.29, 0.717) is 6.54 Å². The van der Waals surface area contributed by atoms with E-state index in [-0.39, 0.29) is 6.42 Å². The van der Waals surface area contributed by atoms with E-state index in [4.69, 9.17) is 5.11 Å². The monoisotopic (exact) mass is 263 g/mol. The van der Waals surface area contributed by atoms with E-state index in [1.807, 2.05) is 11.4 Å². The summed E-state index contributed by atoms with van der Waals surface area (Å²) >= 11 is 5.00. The molecule has 0 fully saturated rings. The fourth-order valence-electron chi connectivity index (χ4n) is 0.853. The maximum atomic E-state index is 10.2. The summed E-state index contributed by atoms with van der Waals surface area (Å²) in [4.78, 5) is 11.4. The summed E-state index contributed by atoms with van der Waals surface area (Å²) < 4.78 is 1.08. The molecule has 0 aliphatic rings. The molecule has 13 heavy (non-hydrogen) atoms. The molecule has 0 unspecified atom stereocenters. The molecule has 1 heterocycles. The highest BCUT2D eigenvalue weighted by Gasteiger charge is 1.98. The zero-order valence-corrected chi connectivity index (χ0v) is 9.32. The van der Waals surface area contributed by atoms with Crippen LogP contribution in [0, 0.1) is 0 Å². The van der Waals surface area contributed by atoms with Gasteiger partial charge in [-0.1, -0.05) is 0 Å². The van der Waals surface area contributed by atoms with Crippen molar-refractivity contribution in [1.29, 1.82) is 0 Å². The largest absolute Gasteiger partial charge is 0.481 e. The lowest BCUT2D eigenvalue weighted by Gasteiger charge is -1.98. The molecule has 0 saturated heterocycles. The second-order valence-corrected chi connectivity index (χ2v) is 4.46. The van der Waals surface area contributed by atoms with Crippen molar-refractivity contribution in [1.82, 2.24) is 5.32 Å². The first-order valence-electron chi connectivity index (χ1n) is 3.84. The Morgan fingerprint density at radius 2 is 2.46 bits per heavy atom. The highest BCUT2D eigenvalue weighted by Crippen LogP contribution is 2.19. The molecule has 5 heteroatoms. The van der Waals surface area contributed by atoms with Gasteiger partial charge in [0.2, 0.25) is 0 Å². The summed E-state index contributed by atoms with van der Waals surface area (Å²) in [6, 6.07) is 2.03. The minimum atomic E-state index is -0.764. The molecule has 1 rings (SSSR count). The van der Waals surface area contributed by atoms with Gasteiger partial charge in [0.25, 0.3) is 0 Å². The van der Waals surface area contributed by atoms with E-state index in [9.17, 15) is 4.79 Å². The van der Waals surface area contributed by atoms with Crippen LogP contribution in [0.25, 0.3) is 0 Å². The van der Waals surface area contributed by atoms with E-state index in [1.165, 1.54) is 4.88 Å². The quantitative estimate of drug-likeness (QED) is 0.800. The lowest BCUT2D eigenvalue weighted by atomic mass is 10.4. The van der Waals surface area contributed by atoms with Crippen LogP contribution in [0.4, 0.5) is 0 Å². The van der Waals surface area contributed by atoms with Crippen molar-refractivity contribution in [3.63, 3.8) is 0 Å². The smallest absolute Gasteiger partial charge is 0.304 e. The van der Waals surface area contributed by atoms with Crippen molar-refractivity contribution in [3.8, 4) is 0 Å². The molecule has 0 radical (unpaired) electrons. The Labute approximate surface area is 88.9 Å².